The number of nitrogens with one attached hydrogen (secondary N) is 1. The normalized spacial score (nSPS) is 10.2. The van der Waals surface area contributed by atoms with Crippen molar-refractivity contribution < 1.29 is 4.79 Å². The second-order valence-electron chi connectivity index (χ2n) is 3.41. The lowest BCUT2D eigenvalue weighted by Gasteiger charge is -2.07. The summed E-state index contributed by atoms with van der Waals surface area (Å²) >= 11 is 12.6. The number of carbonyl (C=O) groups excluding carboxylic acids is 1. The molecule has 0 saturated heterocycles. The number of rotatable bonds is 2. The Labute approximate surface area is 126 Å². The Morgan fingerprint density at radius 2 is 2.06 bits per heavy atom. The lowest BCUT2D eigenvalue weighted by Crippen LogP contribution is -2.13. The van der Waals surface area contributed by atoms with Gasteiger partial charge in [0.15, 0.2) is 0 Å². The van der Waals surface area contributed by atoms with Crippen LogP contribution in [0.5, 0.6) is 0 Å². The van der Waals surface area contributed by atoms with Gasteiger partial charge in [-0.1, -0.05) is 33.6 Å². The average molecular weight is 390 g/mol. The monoisotopic (exact) mass is 388 g/mol. The molecule has 6 heteroatoms. The third-order valence-electron chi connectivity index (χ3n) is 2.16. The van der Waals surface area contributed by atoms with E-state index in [1.807, 2.05) is 0 Å². The van der Waals surface area contributed by atoms with E-state index in [9.17, 15) is 4.79 Å². The molecule has 1 N–H and O–H groups in total. The van der Waals surface area contributed by atoms with E-state index in [1.165, 1.54) is 0 Å². The first-order valence-electron chi connectivity index (χ1n) is 4.95. The summed E-state index contributed by atoms with van der Waals surface area (Å²) in [7, 11) is 0. The van der Waals surface area contributed by atoms with Crippen molar-refractivity contribution in [2.75, 3.05) is 5.32 Å². The molecule has 0 saturated carbocycles. The van der Waals surface area contributed by atoms with E-state index < -0.39 is 0 Å². The van der Waals surface area contributed by atoms with Crippen molar-refractivity contribution in [3.05, 3.63) is 56.1 Å². The summed E-state index contributed by atoms with van der Waals surface area (Å²) in [5.74, 6) is 0.164. The van der Waals surface area contributed by atoms with Gasteiger partial charge in [-0.25, -0.2) is 4.98 Å². The zero-order valence-electron chi connectivity index (χ0n) is 8.95. The van der Waals surface area contributed by atoms with Crippen molar-refractivity contribution in [1.82, 2.24) is 4.98 Å². The smallest absolute Gasteiger partial charge is 0.258 e. The van der Waals surface area contributed by atoms with E-state index in [0.29, 0.717) is 20.9 Å². The van der Waals surface area contributed by atoms with Gasteiger partial charge in [-0.15, -0.1) is 0 Å². The van der Waals surface area contributed by atoms with Crippen molar-refractivity contribution in [3.8, 4) is 0 Å². The number of hydrogen-bond acceptors (Lipinski definition) is 2. The molecule has 2 aromatic rings. The molecule has 1 heterocycles. The van der Waals surface area contributed by atoms with Crippen LogP contribution in [0.2, 0.25) is 5.02 Å². The van der Waals surface area contributed by atoms with Crippen molar-refractivity contribution in [3.63, 3.8) is 0 Å². The third kappa shape index (κ3) is 3.10. The van der Waals surface area contributed by atoms with Gasteiger partial charge < -0.3 is 5.32 Å². The molecule has 0 fully saturated rings. The Bertz CT molecular complexity index is 604. The number of amides is 1. The molecule has 0 unspecified atom stereocenters. The lowest BCUT2D eigenvalue weighted by atomic mass is 10.2. The molecule has 0 aliphatic rings. The van der Waals surface area contributed by atoms with Crippen LogP contribution in [-0.4, -0.2) is 10.9 Å². The van der Waals surface area contributed by atoms with Crippen LogP contribution in [0.1, 0.15) is 10.4 Å². The Kier molecular flexibility index (Phi) is 4.37. The number of nitrogens with zero attached hydrogens (tertiary/aromatic N) is 1. The molecule has 0 bridgehead atoms. The summed E-state index contributed by atoms with van der Waals surface area (Å²) in [6, 6.07) is 8.67. The van der Waals surface area contributed by atoms with Crippen LogP contribution in [0, 0.1) is 0 Å². The van der Waals surface area contributed by atoms with Crippen LogP contribution >= 0.6 is 43.5 Å². The van der Waals surface area contributed by atoms with Crippen molar-refractivity contribution in [2.24, 2.45) is 0 Å². The maximum Gasteiger partial charge on any atom is 0.258 e. The quantitative estimate of drug-likeness (QED) is 0.820. The van der Waals surface area contributed by atoms with Crippen LogP contribution in [0.25, 0.3) is 0 Å². The summed E-state index contributed by atoms with van der Waals surface area (Å²) < 4.78 is 1.52. The first-order valence-corrected chi connectivity index (χ1v) is 6.91. The van der Waals surface area contributed by atoms with E-state index in [-0.39, 0.29) is 5.91 Å². The summed E-state index contributed by atoms with van der Waals surface area (Å²) in [6.07, 6.45) is 1.60. The fourth-order valence-corrected chi connectivity index (χ4v) is 2.25. The molecule has 2 rings (SSSR count). The largest absolute Gasteiger partial charge is 0.306 e. The number of benzene rings is 1. The highest BCUT2D eigenvalue weighted by atomic mass is 79.9. The van der Waals surface area contributed by atoms with Gasteiger partial charge in [-0.3, -0.25) is 4.79 Å². The molecule has 0 radical (unpaired) electrons. The maximum atomic E-state index is 12.0. The molecule has 0 aliphatic heterocycles. The van der Waals surface area contributed by atoms with Gasteiger partial charge in [0.1, 0.15) is 5.82 Å². The van der Waals surface area contributed by atoms with Crippen LogP contribution in [0.4, 0.5) is 5.82 Å². The number of hydrogen-bond donors (Lipinski definition) is 1. The number of anilines is 1. The van der Waals surface area contributed by atoms with E-state index in [1.54, 1.807) is 36.5 Å². The van der Waals surface area contributed by atoms with Crippen LogP contribution in [-0.2, 0) is 0 Å². The molecule has 1 aromatic carbocycles. The molecule has 0 aliphatic carbocycles. The molecular formula is C12H7Br2ClN2O. The molecule has 0 atom stereocenters. The molecule has 92 valence electrons. The predicted molar refractivity (Wildman–Crippen MR) is 79.0 cm³/mol. The van der Waals surface area contributed by atoms with Gasteiger partial charge in [0.25, 0.3) is 5.91 Å². The maximum absolute atomic E-state index is 12.0. The highest BCUT2D eigenvalue weighted by Crippen LogP contribution is 2.26. The Morgan fingerprint density at radius 3 is 2.78 bits per heavy atom. The van der Waals surface area contributed by atoms with Gasteiger partial charge in [0, 0.05) is 15.1 Å². The molecular weight excluding hydrogens is 383 g/mol. The van der Waals surface area contributed by atoms with Crippen molar-refractivity contribution >= 4 is 55.2 Å². The topological polar surface area (TPSA) is 42.0 Å². The molecule has 1 aromatic heterocycles. The minimum Gasteiger partial charge on any atom is -0.306 e. The zero-order chi connectivity index (χ0) is 13.1. The third-order valence-corrected chi connectivity index (χ3v) is 3.95. The second kappa shape index (κ2) is 5.82. The van der Waals surface area contributed by atoms with E-state index in [2.05, 4.69) is 42.2 Å². The number of halogens is 3. The Balaban J connectivity index is 2.25. The number of carbonyl (C=O) groups is 1. The summed E-state index contributed by atoms with van der Waals surface area (Å²) in [5, 5.41) is 3.06. The van der Waals surface area contributed by atoms with Gasteiger partial charge >= 0.3 is 0 Å². The lowest BCUT2D eigenvalue weighted by molar-refractivity contribution is 0.102. The van der Waals surface area contributed by atoms with Gasteiger partial charge in [-0.05, 0) is 40.2 Å². The highest BCUT2D eigenvalue weighted by molar-refractivity contribution is 9.10. The predicted octanol–water partition coefficient (Wildman–Crippen LogP) is 4.51. The minimum absolute atomic E-state index is 0.299. The SMILES string of the molecule is O=C(Nc1cc(Br)ccn1)c1cccc(Br)c1Cl. The first kappa shape index (κ1) is 13.5. The molecule has 0 spiro atoms. The minimum atomic E-state index is -0.299. The van der Waals surface area contributed by atoms with Crippen LogP contribution < -0.4 is 5.32 Å². The zero-order valence-corrected chi connectivity index (χ0v) is 12.9. The molecule has 18 heavy (non-hydrogen) atoms. The van der Waals surface area contributed by atoms with E-state index in [0.717, 1.165) is 4.47 Å². The van der Waals surface area contributed by atoms with Gasteiger partial charge in [0.2, 0.25) is 0 Å². The van der Waals surface area contributed by atoms with Gasteiger partial charge in [-0.2, -0.15) is 0 Å². The average Bonchev–Trinajstić information content (AvgIpc) is 2.32. The molecule has 1 amide bonds. The van der Waals surface area contributed by atoms with E-state index >= 15 is 0 Å². The first-order chi connectivity index (χ1) is 8.58. The van der Waals surface area contributed by atoms with Crippen LogP contribution in [0.15, 0.2) is 45.5 Å². The number of aromatic nitrogens is 1. The van der Waals surface area contributed by atoms with E-state index in [4.69, 9.17) is 11.6 Å². The Hall–Kier alpha value is -0.910. The van der Waals surface area contributed by atoms with Crippen LogP contribution in [0.3, 0.4) is 0 Å². The highest BCUT2D eigenvalue weighted by Gasteiger charge is 2.12. The fraction of sp³-hybridized carbons (Fsp3) is 0. The summed E-state index contributed by atoms with van der Waals surface area (Å²) in [5.41, 5.74) is 0.396. The second-order valence-corrected chi connectivity index (χ2v) is 5.56. The molecule has 3 nitrogen and oxygen atoms in total. The van der Waals surface area contributed by atoms with Gasteiger partial charge in [0.05, 0.1) is 10.6 Å². The van der Waals surface area contributed by atoms with Crippen molar-refractivity contribution in [1.29, 1.82) is 0 Å². The standard InChI is InChI=1S/C12H7Br2ClN2O/c13-7-4-5-16-10(6-7)17-12(18)8-2-1-3-9(14)11(8)15/h1-6H,(H,16,17,18). The number of pyridine rings is 1. The van der Waals surface area contributed by atoms with Crippen molar-refractivity contribution in [2.45, 2.75) is 0 Å². The Morgan fingerprint density at radius 1 is 1.28 bits per heavy atom. The summed E-state index contributed by atoms with van der Waals surface area (Å²) in [6.45, 7) is 0. The fourth-order valence-electron chi connectivity index (χ4n) is 1.34. The summed E-state index contributed by atoms with van der Waals surface area (Å²) in [4.78, 5) is 16.1.